The molecule has 1 atom stereocenters. The van der Waals surface area contributed by atoms with Crippen LogP contribution in [0.25, 0.3) is 0 Å². The molecule has 0 bridgehead atoms. The molecule has 0 spiro atoms. The number of alkyl halides is 1. The molecule has 2 nitrogen and oxygen atoms in total. The minimum Gasteiger partial charge on any atom is -0.369 e. The first-order valence-electron chi connectivity index (χ1n) is 4.48. The number of ketones is 1. The number of ether oxygens (including phenoxy) is 1. The van der Waals surface area contributed by atoms with Crippen molar-refractivity contribution in [2.45, 2.75) is 19.7 Å². The van der Waals surface area contributed by atoms with E-state index in [1.165, 1.54) is 6.92 Å². The van der Waals surface area contributed by atoms with Crippen LogP contribution in [0.15, 0.2) is 30.3 Å². The van der Waals surface area contributed by atoms with Crippen LogP contribution in [-0.2, 0) is 16.1 Å². The molecule has 0 aliphatic heterocycles. The van der Waals surface area contributed by atoms with Crippen LogP contribution in [0, 0.1) is 0 Å². The van der Waals surface area contributed by atoms with E-state index in [4.69, 9.17) is 4.74 Å². The second kappa shape index (κ2) is 5.50. The topological polar surface area (TPSA) is 26.3 Å². The van der Waals surface area contributed by atoms with Gasteiger partial charge in [-0.2, -0.15) is 0 Å². The second-order valence-electron chi connectivity index (χ2n) is 3.06. The first-order valence-corrected chi connectivity index (χ1v) is 4.48. The third-order valence-corrected chi connectivity index (χ3v) is 1.80. The van der Waals surface area contributed by atoms with Crippen LogP contribution in [0.1, 0.15) is 12.5 Å². The highest BCUT2D eigenvalue weighted by Gasteiger charge is 2.10. The van der Waals surface area contributed by atoms with Crippen LogP contribution >= 0.6 is 0 Å². The number of benzene rings is 1. The van der Waals surface area contributed by atoms with Crippen molar-refractivity contribution in [3.8, 4) is 0 Å². The first-order chi connectivity index (χ1) is 6.70. The van der Waals surface area contributed by atoms with Gasteiger partial charge >= 0.3 is 0 Å². The molecular weight excluding hydrogens is 183 g/mol. The maximum Gasteiger partial charge on any atom is 0.192 e. The van der Waals surface area contributed by atoms with Gasteiger partial charge in [-0.15, -0.1) is 0 Å². The molecule has 0 N–H and O–H groups in total. The minimum atomic E-state index is -1.44. The summed E-state index contributed by atoms with van der Waals surface area (Å²) < 4.78 is 17.4. The number of carbonyl (C=O) groups is 1. The van der Waals surface area contributed by atoms with Crippen molar-refractivity contribution in [1.29, 1.82) is 0 Å². The molecule has 3 heteroatoms. The van der Waals surface area contributed by atoms with Crippen LogP contribution in [0.3, 0.4) is 0 Å². The summed E-state index contributed by atoms with van der Waals surface area (Å²) in [6.45, 7) is 1.40. The molecule has 0 aliphatic carbocycles. The molecule has 14 heavy (non-hydrogen) atoms. The number of rotatable bonds is 5. The van der Waals surface area contributed by atoms with Crippen molar-refractivity contribution < 1.29 is 13.9 Å². The van der Waals surface area contributed by atoms with E-state index in [1.54, 1.807) is 0 Å². The van der Waals surface area contributed by atoms with Gasteiger partial charge < -0.3 is 4.74 Å². The average molecular weight is 196 g/mol. The molecule has 1 aromatic carbocycles. The summed E-state index contributed by atoms with van der Waals surface area (Å²) in [4.78, 5) is 10.8. The molecule has 1 aromatic rings. The van der Waals surface area contributed by atoms with Crippen LogP contribution in [-0.4, -0.2) is 18.6 Å². The molecule has 0 saturated heterocycles. The summed E-state index contributed by atoms with van der Waals surface area (Å²) in [6, 6.07) is 9.46. The zero-order valence-electron chi connectivity index (χ0n) is 8.07. The van der Waals surface area contributed by atoms with E-state index in [0.717, 1.165) is 5.56 Å². The normalized spacial score (nSPS) is 12.4. The van der Waals surface area contributed by atoms with Gasteiger partial charge in [0, 0.05) is 0 Å². The molecule has 0 fully saturated rings. The predicted octanol–water partition coefficient (Wildman–Crippen LogP) is 2.13. The first kappa shape index (κ1) is 10.9. The lowest BCUT2D eigenvalue weighted by molar-refractivity contribution is -0.128. The highest BCUT2D eigenvalue weighted by molar-refractivity contribution is 5.83. The van der Waals surface area contributed by atoms with Gasteiger partial charge in [-0.05, 0) is 12.5 Å². The van der Waals surface area contributed by atoms with E-state index in [2.05, 4.69) is 0 Å². The van der Waals surface area contributed by atoms with Crippen LogP contribution < -0.4 is 0 Å². The van der Waals surface area contributed by atoms with Crippen molar-refractivity contribution in [1.82, 2.24) is 0 Å². The summed E-state index contributed by atoms with van der Waals surface area (Å²) in [5, 5.41) is 0. The van der Waals surface area contributed by atoms with Crippen molar-refractivity contribution in [3.63, 3.8) is 0 Å². The van der Waals surface area contributed by atoms with Gasteiger partial charge in [0.25, 0.3) is 0 Å². The summed E-state index contributed by atoms with van der Waals surface area (Å²) in [5.74, 6) is -0.513. The Labute approximate surface area is 82.7 Å². The van der Waals surface area contributed by atoms with Gasteiger partial charge in [0.05, 0.1) is 6.61 Å². The minimum absolute atomic E-state index is 0.160. The van der Waals surface area contributed by atoms with Crippen molar-refractivity contribution in [2.75, 3.05) is 6.61 Å². The molecule has 0 amide bonds. The SMILES string of the molecule is CC(F)C(=O)COCc1ccccc1. The van der Waals surface area contributed by atoms with E-state index in [-0.39, 0.29) is 6.61 Å². The molecule has 1 rings (SSSR count). The third-order valence-electron chi connectivity index (χ3n) is 1.80. The lowest BCUT2D eigenvalue weighted by Crippen LogP contribution is -2.17. The maximum absolute atomic E-state index is 12.4. The average Bonchev–Trinajstić information content (AvgIpc) is 2.19. The number of halogens is 1. The van der Waals surface area contributed by atoms with E-state index >= 15 is 0 Å². The van der Waals surface area contributed by atoms with Gasteiger partial charge in [0.2, 0.25) is 0 Å². The van der Waals surface area contributed by atoms with Crippen molar-refractivity contribution in [2.24, 2.45) is 0 Å². The molecule has 0 aliphatic rings. The fraction of sp³-hybridized carbons (Fsp3) is 0.364. The summed E-state index contributed by atoms with van der Waals surface area (Å²) in [7, 11) is 0. The summed E-state index contributed by atoms with van der Waals surface area (Å²) in [5.41, 5.74) is 0.979. The monoisotopic (exact) mass is 196 g/mol. The molecular formula is C11H13FO2. The summed E-state index contributed by atoms with van der Waals surface area (Å²) >= 11 is 0. The smallest absolute Gasteiger partial charge is 0.192 e. The zero-order valence-corrected chi connectivity index (χ0v) is 8.07. The van der Waals surface area contributed by atoms with Crippen LogP contribution in [0.2, 0.25) is 0 Å². The van der Waals surface area contributed by atoms with Gasteiger partial charge in [-0.25, -0.2) is 4.39 Å². The molecule has 76 valence electrons. The molecule has 0 saturated carbocycles. The molecule has 0 aromatic heterocycles. The molecule has 0 radical (unpaired) electrons. The fourth-order valence-electron chi connectivity index (χ4n) is 0.959. The number of carbonyl (C=O) groups excluding carboxylic acids is 1. The number of hydrogen-bond acceptors (Lipinski definition) is 2. The Morgan fingerprint density at radius 3 is 2.64 bits per heavy atom. The quantitative estimate of drug-likeness (QED) is 0.721. The van der Waals surface area contributed by atoms with E-state index in [0.29, 0.717) is 6.61 Å². The van der Waals surface area contributed by atoms with Crippen LogP contribution in [0.4, 0.5) is 4.39 Å². The number of Topliss-reactive ketones (excluding diaryl/α,β-unsaturated/α-hetero) is 1. The second-order valence-corrected chi connectivity index (χ2v) is 3.06. The standard InChI is InChI=1S/C11H13FO2/c1-9(12)11(13)8-14-7-10-5-3-2-4-6-10/h2-6,9H,7-8H2,1H3. The molecule has 1 unspecified atom stereocenters. The Bertz CT molecular complexity index is 283. The van der Waals surface area contributed by atoms with Gasteiger partial charge in [0.15, 0.2) is 12.0 Å². The largest absolute Gasteiger partial charge is 0.369 e. The van der Waals surface area contributed by atoms with Gasteiger partial charge in [-0.3, -0.25) is 4.79 Å². The zero-order chi connectivity index (χ0) is 10.4. The van der Waals surface area contributed by atoms with Crippen molar-refractivity contribution >= 4 is 5.78 Å². The van der Waals surface area contributed by atoms with E-state index < -0.39 is 12.0 Å². The lowest BCUT2D eigenvalue weighted by Gasteiger charge is -2.03. The molecule has 0 heterocycles. The lowest BCUT2D eigenvalue weighted by atomic mass is 10.2. The third kappa shape index (κ3) is 3.66. The summed E-state index contributed by atoms with van der Waals surface area (Å²) in [6.07, 6.45) is -1.44. The predicted molar refractivity (Wildman–Crippen MR) is 51.7 cm³/mol. The van der Waals surface area contributed by atoms with E-state index in [9.17, 15) is 9.18 Å². The fourth-order valence-corrected chi connectivity index (χ4v) is 0.959. The Hall–Kier alpha value is -1.22. The maximum atomic E-state index is 12.4. The Kier molecular flexibility index (Phi) is 4.26. The Balaban J connectivity index is 2.26. The number of hydrogen-bond donors (Lipinski definition) is 0. The van der Waals surface area contributed by atoms with Crippen molar-refractivity contribution in [3.05, 3.63) is 35.9 Å². The Morgan fingerprint density at radius 2 is 2.07 bits per heavy atom. The van der Waals surface area contributed by atoms with Crippen LogP contribution in [0.5, 0.6) is 0 Å². The highest BCUT2D eigenvalue weighted by Crippen LogP contribution is 2.01. The van der Waals surface area contributed by atoms with E-state index in [1.807, 2.05) is 30.3 Å². The highest BCUT2D eigenvalue weighted by atomic mass is 19.1. The van der Waals surface area contributed by atoms with Gasteiger partial charge in [-0.1, -0.05) is 30.3 Å². The van der Waals surface area contributed by atoms with Gasteiger partial charge in [0.1, 0.15) is 6.61 Å². The Morgan fingerprint density at radius 1 is 1.43 bits per heavy atom.